The van der Waals surface area contributed by atoms with Crippen LogP contribution in [0.2, 0.25) is 0 Å². The van der Waals surface area contributed by atoms with Gasteiger partial charge in [0.2, 0.25) is 20.0 Å². The van der Waals surface area contributed by atoms with Gasteiger partial charge in [-0.05, 0) is 60.7 Å². The molecular weight excluding hydrogens is 739 g/mol. The van der Waals surface area contributed by atoms with Gasteiger partial charge in [0, 0.05) is 79.6 Å². The van der Waals surface area contributed by atoms with Crippen molar-refractivity contribution in [1.29, 1.82) is 21.0 Å². The summed E-state index contributed by atoms with van der Waals surface area (Å²) in [6.45, 7) is -0.234. The summed E-state index contributed by atoms with van der Waals surface area (Å²) in [5, 5.41) is 43.0. The van der Waals surface area contributed by atoms with E-state index in [0.29, 0.717) is 22.1 Å². The van der Waals surface area contributed by atoms with Crippen LogP contribution in [-0.2, 0) is 20.0 Å². The summed E-state index contributed by atoms with van der Waals surface area (Å²) in [6, 6.07) is 25.0. The van der Waals surface area contributed by atoms with Crippen LogP contribution in [0.3, 0.4) is 0 Å². The number of rotatable bonds is 17. The number of sulfonamides is 2. The normalized spacial score (nSPS) is 11.2. The Hall–Kier alpha value is -5.99. The molecule has 1 heterocycles. The number of thiazole rings is 1. The standard InChI is InChI=1S/C35H31N9O6S3/c36-17-1-21-43(22-2-18-37)52(47,48)30-13-7-27(8-14-30)33(45)40-29-11-5-26(6-12-29)32-25-51-35(41-32)42-34(46)28-9-15-31(16-10-28)53(49,50)44(23-3-19-38)24-4-20-39/h5-16,25H,1-4,21-24H2,(H,40,45)(H,41,42,46). The van der Waals surface area contributed by atoms with E-state index >= 15 is 0 Å². The lowest BCUT2D eigenvalue weighted by molar-refractivity contribution is 0.101. The van der Waals surface area contributed by atoms with E-state index < -0.39 is 31.9 Å². The van der Waals surface area contributed by atoms with Crippen molar-refractivity contribution in [2.75, 3.05) is 36.8 Å². The fraction of sp³-hybridized carbons (Fsp3) is 0.229. The van der Waals surface area contributed by atoms with Gasteiger partial charge >= 0.3 is 0 Å². The maximum absolute atomic E-state index is 13.0. The first-order valence-electron chi connectivity index (χ1n) is 15.8. The van der Waals surface area contributed by atoms with Gasteiger partial charge in [-0.25, -0.2) is 21.8 Å². The van der Waals surface area contributed by atoms with Crippen LogP contribution < -0.4 is 10.6 Å². The average molecular weight is 770 g/mol. The first-order chi connectivity index (χ1) is 25.4. The summed E-state index contributed by atoms with van der Waals surface area (Å²) in [5.74, 6) is -0.994. The number of benzene rings is 3. The zero-order valence-electron chi connectivity index (χ0n) is 28.0. The fourth-order valence-electron chi connectivity index (χ4n) is 4.82. The smallest absolute Gasteiger partial charge is 0.257 e. The van der Waals surface area contributed by atoms with Gasteiger partial charge in [0.1, 0.15) is 0 Å². The molecule has 0 bridgehead atoms. The summed E-state index contributed by atoms with van der Waals surface area (Å²) >= 11 is 1.18. The average Bonchev–Trinajstić information content (AvgIpc) is 3.63. The van der Waals surface area contributed by atoms with Crippen molar-refractivity contribution in [3.05, 3.63) is 89.3 Å². The van der Waals surface area contributed by atoms with Crippen LogP contribution in [0.25, 0.3) is 11.3 Å². The van der Waals surface area contributed by atoms with Gasteiger partial charge in [-0.2, -0.15) is 29.7 Å². The molecule has 2 amide bonds. The minimum Gasteiger partial charge on any atom is -0.322 e. The number of amides is 2. The van der Waals surface area contributed by atoms with Crippen LogP contribution in [-0.4, -0.2) is 68.4 Å². The number of nitriles is 4. The lowest BCUT2D eigenvalue weighted by Crippen LogP contribution is -2.32. The Morgan fingerprint density at radius 1 is 0.604 bits per heavy atom. The van der Waals surface area contributed by atoms with Crippen LogP contribution >= 0.6 is 11.3 Å². The second kappa shape index (κ2) is 18.5. The second-order valence-electron chi connectivity index (χ2n) is 11.0. The summed E-state index contributed by atoms with van der Waals surface area (Å²) in [5.41, 5.74) is 2.10. The van der Waals surface area contributed by atoms with E-state index in [4.69, 9.17) is 21.0 Å². The summed E-state index contributed by atoms with van der Waals surface area (Å²) < 4.78 is 54.3. The highest BCUT2D eigenvalue weighted by atomic mass is 32.2. The van der Waals surface area contributed by atoms with E-state index in [0.717, 1.165) is 8.61 Å². The van der Waals surface area contributed by atoms with Crippen LogP contribution in [0.15, 0.2) is 88.0 Å². The van der Waals surface area contributed by atoms with Gasteiger partial charge in [-0.15, -0.1) is 11.3 Å². The van der Waals surface area contributed by atoms with E-state index in [-0.39, 0.29) is 72.8 Å². The molecule has 4 rings (SSSR count). The topological polar surface area (TPSA) is 241 Å². The van der Waals surface area contributed by atoms with Crippen molar-refractivity contribution in [3.63, 3.8) is 0 Å². The van der Waals surface area contributed by atoms with Crippen LogP contribution in [0, 0.1) is 45.3 Å². The maximum atomic E-state index is 13.0. The van der Waals surface area contributed by atoms with Gasteiger partial charge in [0.05, 0.1) is 39.8 Å². The van der Waals surface area contributed by atoms with Crippen molar-refractivity contribution in [2.45, 2.75) is 35.5 Å². The molecule has 53 heavy (non-hydrogen) atoms. The third-order valence-electron chi connectivity index (χ3n) is 7.56. The second-order valence-corrected chi connectivity index (χ2v) is 15.7. The Morgan fingerprint density at radius 3 is 1.40 bits per heavy atom. The Balaban J connectivity index is 1.36. The van der Waals surface area contributed by atoms with Gasteiger partial charge in [0.15, 0.2) is 5.13 Å². The highest BCUT2D eigenvalue weighted by Gasteiger charge is 2.25. The number of anilines is 2. The third-order valence-corrected chi connectivity index (χ3v) is 12.1. The van der Waals surface area contributed by atoms with Crippen LogP contribution in [0.5, 0.6) is 0 Å². The molecule has 0 fully saturated rings. The monoisotopic (exact) mass is 769 g/mol. The zero-order valence-corrected chi connectivity index (χ0v) is 30.4. The van der Waals surface area contributed by atoms with Crippen LogP contribution in [0.4, 0.5) is 10.8 Å². The maximum Gasteiger partial charge on any atom is 0.257 e. The molecule has 0 radical (unpaired) electrons. The predicted octanol–water partition coefficient (Wildman–Crippen LogP) is 4.95. The summed E-state index contributed by atoms with van der Waals surface area (Å²) in [4.78, 5) is 30.1. The predicted molar refractivity (Wildman–Crippen MR) is 195 cm³/mol. The SMILES string of the molecule is N#CCCN(CCC#N)S(=O)(=O)c1ccc(C(=O)Nc2ccc(-c3csc(NC(=O)c4ccc(S(=O)(=O)N(CCC#N)CCC#N)cc4)n3)cc2)cc1. The molecule has 4 aromatic rings. The minimum atomic E-state index is -3.98. The molecule has 3 aromatic carbocycles. The summed E-state index contributed by atoms with van der Waals surface area (Å²) in [6.07, 6.45) is -0.131. The molecule has 1 aromatic heterocycles. The Kier molecular flexibility index (Phi) is 13.9. The Labute approximate surface area is 311 Å². The quantitative estimate of drug-likeness (QED) is 0.146. The van der Waals surface area contributed by atoms with Crippen molar-refractivity contribution in [2.24, 2.45) is 0 Å². The van der Waals surface area contributed by atoms with Gasteiger partial charge in [-0.3, -0.25) is 14.9 Å². The van der Waals surface area contributed by atoms with E-state index in [1.54, 1.807) is 29.6 Å². The first kappa shape index (κ1) is 39.8. The fourth-order valence-corrected chi connectivity index (χ4v) is 8.42. The number of carbonyl (C=O) groups is 2. The molecule has 0 atom stereocenters. The molecular formula is C35H31N9O6S3. The Morgan fingerprint density at radius 2 is 1.00 bits per heavy atom. The van der Waals surface area contributed by atoms with Crippen molar-refractivity contribution < 1.29 is 26.4 Å². The zero-order chi connectivity index (χ0) is 38.4. The molecule has 270 valence electrons. The number of carbonyl (C=O) groups excluding carboxylic acids is 2. The third kappa shape index (κ3) is 10.3. The molecule has 18 heteroatoms. The number of hydrogen-bond acceptors (Lipinski definition) is 12. The first-order valence-corrected chi connectivity index (χ1v) is 19.6. The molecule has 0 saturated heterocycles. The highest BCUT2D eigenvalue weighted by molar-refractivity contribution is 7.89. The number of hydrogen-bond donors (Lipinski definition) is 2. The van der Waals surface area contributed by atoms with E-state index in [2.05, 4.69) is 15.6 Å². The van der Waals surface area contributed by atoms with E-state index in [9.17, 15) is 26.4 Å². The van der Waals surface area contributed by atoms with Gasteiger partial charge in [0.25, 0.3) is 11.8 Å². The summed E-state index contributed by atoms with van der Waals surface area (Å²) in [7, 11) is -7.96. The molecule has 15 nitrogen and oxygen atoms in total. The number of aromatic nitrogens is 1. The molecule has 0 unspecified atom stereocenters. The molecule has 0 saturated carbocycles. The Bertz CT molecular complexity index is 2280. The van der Waals surface area contributed by atoms with Crippen molar-refractivity contribution in [1.82, 2.24) is 13.6 Å². The van der Waals surface area contributed by atoms with E-state index in [1.807, 2.05) is 24.3 Å². The number of nitrogens with zero attached hydrogens (tertiary/aromatic N) is 7. The highest BCUT2D eigenvalue weighted by Crippen LogP contribution is 2.27. The van der Waals surface area contributed by atoms with Crippen molar-refractivity contribution >= 4 is 54.0 Å². The largest absolute Gasteiger partial charge is 0.322 e. The molecule has 0 spiro atoms. The molecule has 0 aliphatic carbocycles. The van der Waals surface area contributed by atoms with Gasteiger partial charge < -0.3 is 5.32 Å². The lowest BCUT2D eigenvalue weighted by Gasteiger charge is -2.20. The lowest BCUT2D eigenvalue weighted by atomic mass is 10.1. The minimum absolute atomic E-state index is 0.0316. The van der Waals surface area contributed by atoms with E-state index in [1.165, 1.54) is 59.9 Å². The number of nitrogens with one attached hydrogen (secondary N) is 2. The molecule has 0 aliphatic rings. The van der Waals surface area contributed by atoms with Gasteiger partial charge in [-0.1, -0.05) is 12.1 Å². The molecule has 0 aliphatic heterocycles. The van der Waals surface area contributed by atoms with Crippen LogP contribution in [0.1, 0.15) is 46.4 Å². The van der Waals surface area contributed by atoms with Crippen molar-refractivity contribution in [3.8, 4) is 35.5 Å². The molecule has 2 N–H and O–H groups in total.